The summed E-state index contributed by atoms with van der Waals surface area (Å²) >= 11 is 3.40. The fourth-order valence-corrected chi connectivity index (χ4v) is 2.11. The van der Waals surface area contributed by atoms with Gasteiger partial charge in [-0.1, -0.05) is 35.8 Å². The van der Waals surface area contributed by atoms with Crippen LogP contribution in [0.2, 0.25) is 0 Å². The fourth-order valence-electron chi connectivity index (χ4n) is 1.74. The van der Waals surface area contributed by atoms with E-state index in [2.05, 4.69) is 45.4 Å². The van der Waals surface area contributed by atoms with Gasteiger partial charge in [-0.25, -0.2) is 0 Å². The van der Waals surface area contributed by atoms with Crippen LogP contribution >= 0.6 is 15.9 Å². The summed E-state index contributed by atoms with van der Waals surface area (Å²) in [6.45, 7) is 7.43. The minimum atomic E-state index is -0.0521. The van der Waals surface area contributed by atoms with E-state index >= 15 is 0 Å². The average Bonchev–Trinajstić information content (AvgIpc) is 2.42. The molecule has 0 atom stereocenters. The lowest BCUT2D eigenvalue weighted by molar-refractivity contribution is -0.116. The lowest BCUT2D eigenvalue weighted by Gasteiger charge is -2.10. The number of hydrogen-bond donors (Lipinski definition) is 3. The van der Waals surface area contributed by atoms with Crippen LogP contribution in [0.5, 0.6) is 0 Å². The molecule has 0 bridgehead atoms. The molecule has 0 aliphatic heterocycles. The molecule has 4 N–H and O–H groups in total. The highest BCUT2D eigenvalue weighted by molar-refractivity contribution is 9.10. The van der Waals surface area contributed by atoms with Crippen molar-refractivity contribution in [2.45, 2.75) is 33.6 Å². The summed E-state index contributed by atoms with van der Waals surface area (Å²) in [6.07, 6.45) is 1.34. The number of hydrogen-bond acceptors (Lipinski definition) is 2. The molecule has 0 radical (unpaired) electrons. The first-order chi connectivity index (χ1) is 10.4. The predicted molar refractivity (Wildman–Crippen MR) is 96.1 cm³/mol. The Bertz CT molecular complexity index is 529. The normalized spacial score (nSPS) is 11.6. The number of aryl methyl sites for hydroxylation is 1. The van der Waals surface area contributed by atoms with E-state index in [1.165, 1.54) is 0 Å². The molecule has 0 aromatic heterocycles. The van der Waals surface area contributed by atoms with Crippen LogP contribution in [0.1, 0.15) is 32.3 Å². The van der Waals surface area contributed by atoms with Gasteiger partial charge in [0.2, 0.25) is 5.91 Å². The van der Waals surface area contributed by atoms with Crippen LogP contribution in [0.15, 0.2) is 27.7 Å². The first kappa shape index (κ1) is 18.5. The van der Waals surface area contributed by atoms with E-state index in [0.29, 0.717) is 31.4 Å². The number of halogens is 1. The molecule has 0 heterocycles. The zero-order chi connectivity index (χ0) is 16.5. The Hall–Kier alpha value is -1.56. The second kappa shape index (κ2) is 9.46. The minimum Gasteiger partial charge on any atom is -0.370 e. The van der Waals surface area contributed by atoms with Gasteiger partial charge < -0.3 is 16.4 Å². The number of nitrogens with zero attached hydrogens (tertiary/aromatic N) is 1. The van der Waals surface area contributed by atoms with Crippen molar-refractivity contribution in [2.75, 3.05) is 18.4 Å². The lowest BCUT2D eigenvalue weighted by atomic mass is 10.1. The monoisotopic (exact) mass is 368 g/mol. The Labute approximate surface area is 140 Å². The molecule has 22 heavy (non-hydrogen) atoms. The van der Waals surface area contributed by atoms with Gasteiger partial charge in [0.05, 0.1) is 0 Å². The molecular formula is C16H25BrN4O. The van der Waals surface area contributed by atoms with E-state index in [-0.39, 0.29) is 5.91 Å². The highest BCUT2D eigenvalue weighted by Gasteiger charge is 2.05. The molecule has 5 nitrogen and oxygen atoms in total. The number of benzene rings is 1. The zero-order valence-corrected chi connectivity index (χ0v) is 15.0. The quantitative estimate of drug-likeness (QED) is 0.511. The van der Waals surface area contributed by atoms with Crippen molar-refractivity contribution < 1.29 is 4.79 Å². The summed E-state index contributed by atoms with van der Waals surface area (Å²) in [7, 11) is 0. The van der Waals surface area contributed by atoms with Gasteiger partial charge in [-0.05, 0) is 37.0 Å². The van der Waals surface area contributed by atoms with Gasteiger partial charge in [-0.3, -0.25) is 9.79 Å². The van der Waals surface area contributed by atoms with E-state index in [0.717, 1.165) is 22.1 Å². The number of anilines is 1. The number of amides is 1. The smallest absolute Gasteiger partial charge is 0.226 e. The zero-order valence-electron chi connectivity index (χ0n) is 13.4. The molecule has 0 aliphatic carbocycles. The van der Waals surface area contributed by atoms with E-state index < -0.39 is 0 Å². The SMILES string of the molecule is Cc1ccc(Br)cc1NC(=O)CCNC(N)=NCCC(C)C. The largest absolute Gasteiger partial charge is 0.370 e. The third-order valence-electron chi connectivity index (χ3n) is 3.12. The van der Waals surface area contributed by atoms with Gasteiger partial charge in [0, 0.05) is 29.7 Å². The average molecular weight is 369 g/mol. The third kappa shape index (κ3) is 7.45. The van der Waals surface area contributed by atoms with E-state index in [1.807, 2.05) is 25.1 Å². The number of carbonyl (C=O) groups is 1. The van der Waals surface area contributed by atoms with E-state index in [9.17, 15) is 4.79 Å². The summed E-state index contributed by atoms with van der Waals surface area (Å²) in [5, 5.41) is 5.85. The number of nitrogens with one attached hydrogen (secondary N) is 2. The molecule has 0 unspecified atom stereocenters. The number of aliphatic imine (C=N–C) groups is 1. The number of nitrogens with two attached hydrogens (primary N) is 1. The molecule has 0 aliphatic rings. The van der Waals surface area contributed by atoms with Gasteiger partial charge >= 0.3 is 0 Å². The van der Waals surface area contributed by atoms with Crippen molar-refractivity contribution in [3.63, 3.8) is 0 Å². The van der Waals surface area contributed by atoms with Crippen molar-refractivity contribution in [1.82, 2.24) is 5.32 Å². The van der Waals surface area contributed by atoms with Crippen molar-refractivity contribution in [3.8, 4) is 0 Å². The second-order valence-corrected chi connectivity index (χ2v) is 6.55. The summed E-state index contributed by atoms with van der Waals surface area (Å²) in [5.74, 6) is 0.950. The molecule has 1 aromatic carbocycles. The fraction of sp³-hybridized carbons (Fsp3) is 0.500. The van der Waals surface area contributed by atoms with Crippen LogP contribution in [-0.4, -0.2) is 25.0 Å². The van der Waals surface area contributed by atoms with Crippen LogP contribution in [0.3, 0.4) is 0 Å². The van der Waals surface area contributed by atoms with Crippen LogP contribution in [-0.2, 0) is 4.79 Å². The van der Waals surface area contributed by atoms with Crippen LogP contribution in [0, 0.1) is 12.8 Å². The number of rotatable bonds is 7. The van der Waals surface area contributed by atoms with Gasteiger partial charge in [0.25, 0.3) is 0 Å². The van der Waals surface area contributed by atoms with Gasteiger partial charge in [-0.2, -0.15) is 0 Å². The van der Waals surface area contributed by atoms with Crippen LogP contribution in [0.25, 0.3) is 0 Å². The van der Waals surface area contributed by atoms with Crippen LogP contribution < -0.4 is 16.4 Å². The topological polar surface area (TPSA) is 79.5 Å². The Morgan fingerprint density at radius 2 is 2.14 bits per heavy atom. The summed E-state index contributed by atoms with van der Waals surface area (Å²) in [4.78, 5) is 16.1. The summed E-state index contributed by atoms with van der Waals surface area (Å²) < 4.78 is 0.938. The predicted octanol–water partition coefficient (Wildman–Crippen LogP) is 3.04. The van der Waals surface area contributed by atoms with Crippen molar-refractivity contribution >= 4 is 33.5 Å². The molecule has 0 saturated carbocycles. The van der Waals surface area contributed by atoms with Crippen molar-refractivity contribution in [3.05, 3.63) is 28.2 Å². The Kier molecular flexibility index (Phi) is 7.95. The first-order valence-electron chi connectivity index (χ1n) is 7.48. The van der Waals surface area contributed by atoms with Gasteiger partial charge in [0.1, 0.15) is 0 Å². The summed E-state index contributed by atoms with van der Waals surface area (Å²) in [5.41, 5.74) is 7.59. The molecular weight excluding hydrogens is 344 g/mol. The van der Waals surface area contributed by atoms with Crippen LogP contribution in [0.4, 0.5) is 5.69 Å². The van der Waals surface area contributed by atoms with Crippen molar-refractivity contribution in [2.24, 2.45) is 16.6 Å². The van der Waals surface area contributed by atoms with E-state index in [1.54, 1.807) is 0 Å². The molecule has 0 saturated heterocycles. The maximum absolute atomic E-state index is 11.9. The summed E-state index contributed by atoms with van der Waals surface area (Å²) in [6, 6.07) is 5.79. The first-order valence-corrected chi connectivity index (χ1v) is 8.27. The molecule has 0 spiro atoms. The lowest BCUT2D eigenvalue weighted by Crippen LogP contribution is -2.34. The van der Waals surface area contributed by atoms with Gasteiger partial charge in [-0.15, -0.1) is 0 Å². The molecule has 122 valence electrons. The number of guanidine groups is 1. The molecule has 1 rings (SSSR count). The highest BCUT2D eigenvalue weighted by Crippen LogP contribution is 2.20. The number of carbonyl (C=O) groups excluding carboxylic acids is 1. The molecule has 1 amide bonds. The molecule has 6 heteroatoms. The molecule has 0 fully saturated rings. The third-order valence-corrected chi connectivity index (χ3v) is 3.61. The maximum Gasteiger partial charge on any atom is 0.226 e. The van der Waals surface area contributed by atoms with Crippen molar-refractivity contribution in [1.29, 1.82) is 0 Å². The Morgan fingerprint density at radius 3 is 2.82 bits per heavy atom. The standard InChI is InChI=1S/C16H25BrN4O/c1-11(2)6-8-19-16(18)20-9-7-15(22)21-14-10-13(17)5-4-12(14)3/h4-5,10-11H,6-9H2,1-3H3,(H,21,22)(H3,18,19,20). The van der Waals surface area contributed by atoms with Gasteiger partial charge in [0.15, 0.2) is 5.96 Å². The maximum atomic E-state index is 11.9. The minimum absolute atomic E-state index is 0.0521. The highest BCUT2D eigenvalue weighted by atomic mass is 79.9. The van der Waals surface area contributed by atoms with E-state index in [4.69, 9.17) is 5.73 Å². The Balaban J connectivity index is 2.33. The second-order valence-electron chi connectivity index (χ2n) is 5.63. The molecule has 1 aromatic rings. The Morgan fingerprint density at radius 1 is 1.41 bits per heavy atom.